The second-order valence-corrected chi connectivity index (χ2v) is 12.9. The van der Waals surface area contributed by atoms with Gasteiger partial charge in [0.2, 0.25) is 10.0 Å². The first-order valence-corrected chi connectivity index (χ1v) is 15.8. The number of sulfonamides is 1. The maximum Gasteiger partial charge on any atom is 0.241 e. The lowest BCUT2D eigenvalue weighted by Crippen LogP contribution is -2.32. The Labute approximate surface area is 252 Å². The van der Waals surface area contributed by atoms with Crippen molar-refractivity contribution in [2.45, 2.75) is 35.2 Å². The van der Waals surface area contributed by atoms with E-state index < -0.39 is 16.1 Å². The van der Waals surface area contributed by atoms with Crippen molar-refractivity contribution in [2.24, 2.45) is 0 Å². The zero-order valence-electron chi connectivity index (χ0n) is 21.8. The van der Waals surface area contributed by atoms with Crippen LogP contribution in [0.1, 0.15) is 28.6 Å². The van der Waals surface area contributed by atoms with Crippen LogP contribution in [0.4, 0.5) is 4.39 Å². The van der Waals surface area contributed by atoms with Gasteiger partial charge in [0.05, 0.1) is 16.6 Å². The van der Waals surface area contributed by atoms with Crippen molar-refractivity contribution in [1.29, 1.82) is 0 Å². The van der Waals surface area contributed by atoms with Crippen LogP contribution in [0.2, 0.25) is 10.0 Å². The van der Waals surface area contributed by atoms with Gasteiger partial charge in [-0.05, 0) is 78.6 Å². The second-order valence-electron chi connectivity index (χ2n) is 9.34. The number of nitrogens with one attached hydrogen (secondary N) is 1. The molecular weight excluding hydrogens is 602 g/mol. The van der Waals surface area contributed by atoms with E-state index in [0.717, 1.165) is 22.4 Å². The Morgan fingerprint density at radius 1 is 0.878 bits per heavy atom. The minimum absolute atomic E-state index is 0.0795. The number of hydrogen-bond acceptors (Lipinski definition) is 5. The Kier molecular flexibility index (Phi) is 9.11. The third kappa shape index (κ3) is 7.17. The molecule has 41 heavy (non-hydrogen) atoms. The van der Waals surface area contributed by atoms with E-state index >= 15 is 0 Å². The SMILES string of the molecule is Cc1ccc(Cl)cc1-n1c(SCc2ccc(F)cc2)nnc1C(Cc1ccccc1)NS(=O)(=O)c1ccc(Cl)cc1. The Hall–Kier alpha value is -3.21. The number of aryl methyl sites for hydroxylation is 1. The number of nitrogens with zero attached hydrogens (tertiary/aromatic N) is 3. The monoisotopic (exact) mass is 626 g/mol. The van der Waals surface area contributed by atoms with Crippen LogP contribution < -0.4 is 4.72 Å². The minimum atomic E-state index is -3.97. The van der Waals surface area contributed by atoms with Gasteiger partial charge in [0.1, 0.15) is 5.82 Å². The molecule has 11 heteroatoms. The average molecular weight is 628 g/mol. The maximum absolute atomic E-state index is 13.6. The zero-order valence-corrected chi connectivity index (χ0v) is 25.0. The number of benzene rings is 4. The molecule has 6 nitrogen and oxygen atoms in total. The highest BCUT2D eigenvalue weighted by Crippen LogP contribution is 2.32. The minimum Gasteiger partial charge on any atom is -0.272 e. The third-order valence-electron chi connectivity index (χ3n) is 6.37. The van der Waals surface area contributed by atoms with Gasteiger partial charge in [0.15, 0.2) is 11.0 Å². The van der Waals surface area contributed by atoms with Gasteiger partial charge < -0.3 is 0 Å². The van der Waals surface area contributed by atoms with Crippen molar-refractivity contribution in [1.82, 2.24) is 19.5 Å². The Morgan fingerprint density at radius 3 is 2.27 bits per heavy atom. The molecule has 210 valence electrons. The molecule has 1 heterocycles. The van der Waals surface area contributed by atoms with Gasteiger partial charge >= 0.3 is 0 Å². The van der Waals surface area contributed by atoms with Gasteiger partial charge in [0, 0.05) is 15.8 Å². The predicted octanol–water partition coefficient (Wildman–Crippen LogP) is 7.58. The van der Waals surface area contributed by atoms with E-state index in [4.69, 9.17) is 23.2 Å². The van der Waals surface area contributed by atoms with Gasteiger partial charge in [-0.15, -0.1) is 10.2 Å². The molecule has 0 bridgehead atoms. The molecule has 1 atom stereocenters. The summed E-state index contributed by atoms with van der Waals surface area (Å²) in [6.07, 6.45) is 0.314. The van der Waals surface area contributed by atoms with Crippen molar-refractivity contribution in [2.75, 3.05) is 0 Å². The van der Waals surface area contributed by atoms with Crippen molar-refractivity contribution < 1.29 is 12.8 Å². The summed E-state index contributed by atoms with van der Waals surface area (Å²) in [6.45, 7) is 1.94. The van der Waals surface area contributed by atoms with Crippen LogP contribution in [-0.2, 0) is 22.2 Å². The molecule has 1 aromatic heterocycles. The smallest absolute Gasteiger partial charge is 0.241 e. The number of thioether (sulfide) groups is 1. The second kappa shape index (κ2) is 12.8. The molecule has 4 aromatic carbocycles. The van der Waals surface area contributed by atoms with Crippen LogP contribution in [0.15, 0.2) is 107 Å². The topological polar surface area (TPSA) is 76.9 Å². The third-order valence-corrected chi connectivity index (χ3v) is 9.34. The fourth-order valence-corrected chi connectivity index (χ4v) is 6.68. The molecular formula is C30H25Cl2FN4O2S2. The summed E-state index contributed by atoms with van der Waals surface area (Å²) in [5, 5.41) is 10.5. The van der Waals surface area contributed by atoms with Gasteiger partial charge in [0.25, 0.3) is 0 Å². The molecule has 0 saturated heterocycles. The summed E-state index contributed by atoms with van der Waals surface area (Å²) < 4.78 is 45.3. The predicted molar refractivity (Wildman–Crippen MR) is 162 cm³/mol. The first-order chi connectivity index (χ1) is 19.7. The van der Waals surface area contributed by atoms with Crippen molar-refractivity contribution in [3.05, 3.63) is 135 Å². The summed E-state index contributed by atoms with van der Waals surface area (Å²) in [4.78, 5) is 0.0795. The molecule has 0 amide bonds. The number of rotatable bonds is 10. The molecule has 0 aliphatic carbocycles. The molecule has 5 aromatic rings. The maximum atomic E-state index is 13.6. The molecule has 0 radical (unpaired) electrons. The van der Waals surface area contributed by atoms with Crippen LogP contribution in [0.5, 0.6) is 0 Å². The summed E-state index contributed by atoms with van der Waals surface area (Å²) in [7, 11) is -3.97. The highest BCUT2D eigenvalue weighted by atomic mass is 35.5. The molecule has 0 aliphatic rings. The molecule has 1 unspecified atom stereocenters. The van der Waals surface area contributed by atoms with Crippen LogP contribution in [-0.4, -0.2) is 23.2 Å². The van der Waals surface area contributed by atoms with E-state index in [-0.39, 0.29) is 10.7 Å². The Bertz CT molecular complexity index is 1750. The quantitative estimate of drug-likeness (QED) is 0.162. The van der Waals surface area contributed by atoms with Crippen molar-refractivity contribution in [3.63, 3.8) is 0 Å². The largest absolute Gasteiger partial charge is 0.272 e. The lowest BCUT2D eigenvalue weighted by Gasteiger charge is -2.21. The summed E-state index contributed by atoms with van der Waals surface area (Å²) >= 11 is 13.8. The first-order valence-electron chi connectivity index (χ1n) is 12.6. The summed E-state index contributed by atoms with van der Waals surface area (Å²) in [5.74, 6) is 0.589. The Morgan fingerprint density at radius 2 is 1.56 bits per heavy atom. The summed E-state index contributed by atoms with van der Waals surface area (Å²) in [6, 6.07) is 26.5. The van der Waals surface area contributed by atoms with E-state index in [1.807, 2.05) is 47.9 Å². The van der Waals surface area contributed by atoms with Crippen LogP contribution >= 0.6 is 35.0 Å². The van der Waals surface area contributed by atoms with Crippen LogP contribution in [0, 0.1) is 12.7 Å². The molecule has 5 rings (SSSR count). The van der Waals surface area contributed by atoms with Crippen LogP contribution in [0.25, 0.3) is 5.69 Å². The first kappa shape index (κ1) is 29.3. The van der Waals surface area contributed by atoms with E-state index in [1.54, 1.807) is 24.3 Å². The highest BCUT2D eigenvalue weighted by molar-refractivity contribution is 7.98. The normalized spacial score (nSPS) is 12.4. The standard InChI is InChI=1S/C30H25Cl2FN4O2S2/c1-20-7-10-24(32)18-28(20)37-29(34-35-30(37)40-19-22-8-13-25(33)14-9-22)27(17-21-5-3-2-4-6-21)36-41(38,39)26-15-11-23(31)12-16-26/h2-16,18,27,36H,17,19H2,1H3. The zero-order chi connectivity index (χ0) is 29.0. The highest BCUT2D eigenvalue weighted by Gasteiger charge is 2.29. The molecule has 0 aliphatic heterocycles. The molecule has 1 N–H and O–H groups in total. The number of halogens is 3. The number of aromatic nitrogens is 3. The lowest BCUT2D eigenvalue weighted by molar-refractivity contribution is 0.537. The molecule has 0 spiro atoms. The Balaban J connectivity index is 1.60. The number of hydrogen-bond donors (Lipinski definition) is 1. The van der Waals surface area contributed by atoms with Crippen molar-refractivity contribution >= 4 is 45.0 Å². The average Bonchev–Trinajstić information content (AvgIpc) is 3.38. The molecule has 0 fully saturated rings. The van der Waals surface area contributed by atoms with E-state index in [2.05, 4.69) is 14.9 Å². The van der Waals surface area contributed by atoms with E-state index in [1.165, 1.54) is 48.2 Å². The van der Waals surface area contributed by atoms with Crippen molar-refractivity contribution in [3.8, 4) is 5.69 Å². The van der Waals surface area contributed by atoms with Gasteiger partial charge in [-0.3, -0.25) is 4.57 Å². The van der Waals surface area contributed by atoms with E-state index in [0.29, 0.717) is 33.2 Å². The molecule has 0 saturated carbocycles. The van der Waals surface area contributed by atoms with Crippen LogP contribution in [0.3, 0.4) is 0 Å². The summed E-state index contributed by atoms with van der Waals surface area (Å²) in [5.41, 5.74) is 3.44. The van der Waals surface area contributed by atoms with E-state index in [9.17, 15) is 12.8 Å². The fraction of sp³-hybridized carbons (Fsp3) is 0.133. The fourth-order valence-electron chi connectivity index (χ4n) is 4.28. The lowest BCUT2D eigenvalue weighted by atomic mass is 10.1. The van der Waals surface area contributed by atoms with Gasteiger partial charge in [-0.1, -0.05) is 83.5 Å². The van der Waals surface area contributed by atoms with Gasteiger partial charge in [-0.2, -0.15) is 0 Å². The van der Waals surface area contributed by atoms with Gasteiger partial charge in [-0.25, -0.2) is 17.5 Å².